The van der Waals surface area contributed by atoms with Gasteiger partial charge in [-0.25, -0.2) is 0 Å². The zero-order valence-electron chi connectivity index (χ0n) is 12.2. The lowest BCUT2D eigenvalue weighted by molar-refractivity contribution is 0.189. The summed E-state index contributed by atoms with van der Waals surface area (Å²) in [4.78, 5) is 2.84. The second kappa shape index (κ2) is 4.20. The molecule has 2 aliphatic carbocycles. The van der Waals surface area contributed by atoms with E-state index in [1.807, 2.05) is 11.3 Å². The van der Waals surface area contributed by atoms with E-state index in [1.165, 1.54) is 37.1 Å². The van der Waals surface area contributed by atoms with Crippen molar-refractivity contribution in [2.75, 3.05) is 0 Å². The van der Waals surface area contributed by atoms with Crippen molar-refractivity contribution in [2.45, 2.75) is 47.5 Å². The minimum Gasteiger partial charge on any atom is -0.144 e. The highest BCUT2D eigenvalue weighted by atomic mass is 79.9. The Morgan fingerprint density at radius 3 is 2.16 bits per heavy atom. The van der Waals surface area contributed by atoms with Crippen LogP contribution in [0.1, 0.15) is 48.9 Å². The largest absolute Gasteiger partial charge is 0.144 e. The van der Waals surface area contributed by atoms with Gasteiger partial charge in [0, 0.05) is 24.3 Å². The van der Waals surface area contributed by atoms with Gasteiger partial charge in [-0.05, 0) is 64.9 Å². The van der Waals surface area contributed by atoms with Crippen molar-refractivity contribution in [3.8, 4) is 0 Å². The van der Waals surface area contributed by atoms with Crippen LogP contribution in [-0.2, 0) is 0 Å². The molecule has 1 aromatic heterocycles. The highest BCUT2D eigenvalue weighted by Crippen LogP contribution is 2.72. The van der Waals surface area contributed by atoms with Gasteiger partial charge in [0.2, 0.25) is 0 Å². The molecule has 0 nitrogen and oxygen atoms in total. The smallest absolute Gasteiger partial charge is 0.0390 e. The van der Waals surface area contributed by atoms with E-state index in [9.17, 15) is 0 Å². The molecule has 1 fully saturated rings. The molecule has 0 aliphatic heterocycles. The van der Waals surface area contributed by atoms with E-state index in [-0.39, 0.29) is 0 Å². The van der Waals surface area contributed by atoms with Crippen LogP contribution in [0, 0.1) is 30.6 Å². The summed E-state index contributed by atoms with van der Waals surface area (Å²) in [5.74, 6) is 0.694. The molecule has 0 spiro atoms. The molecule has 0 radical (unpaired) electrons. The number of rotatable bonds is 1. The number of halogens is 2. The molecule has 0 amide bonds. The van der Waals surface area contributed by atoms with Crippen molar-refractivity contribution >= 4 is 48.8 Å². The van der Waals surface area contributed by atoms with Gasteiger partial charge in [-0.1, -0.05) is 36.7 Å². The zero-order chi connectivity index (χ0) is 14.2. The van der Waals surface area contributed by atoms with E-state index in [0.717, 1.165) is 0 Å². The first kappa shape index (κ1) is 14.3. The Labute approximate surface area is 136 Å². The highest BCUT2D eigenvalue weighted by molar-refractivity contribution is 9.12. The second-order valence-corrected chi connectivity index (χ2v) is 9.85. The topological polar surface area (TPSA) is 0 Å². The summed E-state index contributed by atoms with van der Waals surface area (Å²) in [6, 6.07) is 0. The third kappa shape index (κ3) is 1.61. The van der Waals surface area contributed by atoms with Gasteiger partial charge in [0.05, 0.1) is 0 Å². The van der Waals surface area contributed by atoms with E-state index < -0.39 is 0 Å². The van der Waals surface area contributed by atoms with E-state index in [2.05, 4.69) is 66.5 Å². The molecular formula is C16H20Br2S. The number of fused-ring (bicyclic) bond motifs is 2. The first-order valence-electron chi connectivity index (χ1n) is 6.88. The zero-order valence-corrected chi connectivity index (χ0v) is 16.1. The van der Waals surface area contributed by atoms with Crippen LogP contribution in [0.4, 0.5) is 0 Å². The quantitative estimate of drug-likeness (QED) is 0.489. The first-order valence-corrected chi connectivity index (χ1v) is 9.28. The van der Waals surface area contributed by atoms with Gasteiger partial charge in [-0.2, -0.15) is 0 Å². The molecule has 1 saturated carbocycles. The average molecular weight is 404 g/mol. The van der Waals surface area contributed by atoms with Crippen LogP contribution in [0.25, 0.3) is 5.57 Å². The molecule has 1 aromatic rings. The highest BCUT2D eigenvalue weighted by Gasteiger charge is 2.60. The lowest BCUT2D eigenvalue weighted by Crippen LogP contribution is -2.29. The minimum absolute atomic E-state index is 0.303. The predicted molar refractivity (Wildman–Crippen MR) is 92.0 cm³/mol. The van der Waals surface area contributed by atoms with Gasteiger partial charge >= 0.3 is 0 Å². The SMILES string of the molecule is Cc1sc(C)c(C2=C(Br)C3CC[C@]2(C)C3(C)C)c1Br. The normalized spacial score (nSPS) is 32.5. The molecule has 104 valence electrons. The van der Waals surface area contributed by atoms with Gasteiger partial charge in [0.15, 0.2) is 0 Å². The summed E-state index contributed by atoms with van der Waals surface area (Å²) in [5.41, 5.74) is 3.70. The van der Waals surface area contributed by atoms with E-state index >= 15 is 0 Å². The lowest BCUT2D eigenvalue weighted by Gasteiger charge is -2.37. The van der Waals surface area contributed by atoms with Gasteiger partial charge in [0.25, 0.3) is 0 Å². The number of hydrogen-bond donors (Lipinski definition) is 0. The Kier molecular flexibility index (Phi) is 3.17. The fraction of sp³-hybridized carbons (Fsp3) is 0.625. The average Bonchev–Trinajstić information content (AvgIpc) is 2.73. The second-order valence-electron chi connectivity index (χ2n) is 6.77. The van der Waals surface area contributed by atoms with E-state index in [0.29, 0.717) is 16.7 Å². The Bertz CT molecular complexity index is 594. The van der Waals surface area contributed by atoms with Crippen molar-refractivity contribution in [3.05, 3.63) is 24.3 Å². The summed E-state index contributed by atoms with van der Waals surface area (Å²) < 4.78 is 2.78. The minimum atomic E-state index is 0.303. The van der Waals surface area contributed by atoms with Crippen molar-refractivity contribution in [2.24, 2.45) is 16.7 Å². The van der Waals surface area contributed by atoms with Gasteiger partial charge < -0.3 is 0 Å². The molecular weight excluding hydrogens is 384 g/mol. The number of allylic oxidation sites excluding steroid dienone is 2. The third-order valence-electron chi connectivity index (χ3n) is 5.76. The summed E-state index contributed by atoms with van der Waals surface area (Å²) >= 11 is 9.69. The van der Waals surface area contributed by atoms with Crippen LogP contribution in [-0.4, -0.2) is 0 Å². The number of hydrogen-bond acceptors (Lipinski definition) is 1. The predicted octanol–water partition coefficient (Wildman–Crippen LogP) is 6.69. The fourth-order valence-electron chi connectivity index (χ4n) is 4.17. The summed E-state index contributed by atoms with van der Waals surface area (Å²) in [6.45, 7) is 11.8. The van der Waals surface area contributed by atoms with E-state index in [4.69, 9.17) is 0 Å². The number of aryl methyl sites for hydroxylation is 2. The van der Waals surface area contributed by atoms with Crippen molar-refractivity contribution < 1.29 is 0 Å². The Morgan fingerprint density at radius 2 is 1.74 bits per heavy atom. The van der Waals surface area contributed by atoms with Crippen LogP contribution in [0.3, 0.4) is 0 Å². The van der Waals surface area contributed by atoms with Crippen LogP contribution in [0.5, 0.6) is 0 Å². The fourth-order valence-corrected chi connectivity index (χ4v) is 7.43. The van der Waals surface area contributed by atoms with Crippen molar-refractivity contribution in [1.82, 2.24) is 0 Å². The molecule has 0 aromatic carbocycles. The molecule has 2 atom stereocenters. The molecule has 0 N–H and O–H groups in total. The maximum absolute atomic E-state index is 3.95. The van der Waals surface area contributed by atoms with Crippen molar-refractivity contribution in [3.63, 3.8) is 0 Å². The third-order valence-corrected chi connectivity index (χ3v) is 8.98. The maximum Gasteiger partial charge on any atom is 0.0390 e. The van der Waals surface area contributed by atoms with Crippen LogP contribution in [0.15, 0.2) is 8.96 Å². The molecule has 3 rings (SSSR count). The summed E-state index contributed by atoms with van der Waals surface area (Å²) in [6.07, 6.45) is 2.64. The standard InChI is InChI=1S/C16H20Br2S/c1-8-11(13(17)9(2)19-8)12-14(18)10-6-7-16(12,5)15(10,3)4/h10H,6-7H2,1-5H3/t10?,16-/m0/s1. The molecule has 2 aliphatic rings. The summed E-state index contributed by atoms with van der Waals surface area (Å²) in [5, 5.41) is 0. The Hall–Kier alpha value is 0.400. The molecule has 1 heterocycles. The first-order chi connectivity index (χ1) is 8.72. The van der Waals surface area contributed by atoms with Gasteiger partial charge in [-0.15, -0.1) is 11.3 Å². The molecule has 0 saturated heterocycles. The van der Waals surface area contributed by atoms with Crippen LogP contribution < -0.4 is 0 Å². The summed E-state index contributed by atoms with van der Waals surface area (Å²) in [7, 11) is 0. The number of thiophene rings is 1. The lowest BCUT2D eigenvalue weighted by atomic mass is 9.66. The Morgan fingerprint density at radius 1 is 1.11 bits per heavy atom. The van der Waals surface area contributed by atoms with Crippen LogP contribution >= 0.6 is 43.2 Å². The van der Waals surface area contributed by atoms with Gasteiger partial charge in [-0.3, -0.25) is 0 Å². The Balaban J connectivity index is 2.27. The monoisotopic (exact) mass is 402 g/mol. The molecule has 3 heteroatoms. The molecule has 2 bridgehead atoms. The van der Waals surface area contributed by atoms with Gasteiger partial charge in [0.1, 0.15) is 0 Å². The van der Waals surface area contributed by atoms with E-state index in [1.54, 1.807) is 5.57 Å². The van der Waals surface area contributed by atoms with Crippen molar-refractivity contribution in [1.29, 1.82) is 0 Å². The molecule has 1 unspecified atom stereocenters. The maximum atomic E-state index is 3.95. The molecule has 19 heavy (non-hydrogen) atoms. The van der Waals surface area contributed by atoms with Crippen LogP contribution in [0.2, 0.25) is 0 Å².